The number of rotatable bonds is 5. The minimum atomic E-state index is -0.0512. The zero-order valence-electron chi connectivity index (χ0n) is 14.0. The molecule has 2 fully saturated rings. The molecule has 5 nitrogen and oxygen atoms in total. The second kappa shape index (κ2) is 6.01. The van der Waals surface area contributed by atoms with E-state index in [9.17, 15) is 4.79 Å². The third-order valence-electron chi connectivity index (χ3n) is 5.37. The molecule has 22 heavy (non-hydrogen) atoms. The van der Waals surface area contributed by atoms with Gasteiger partial charge < -0.3 is 9.42 Å². The number of hydrogen-bond acceptors (Lipinski definition) is 4. The van der Waals surface area contributed by atoms with E-state index < -0.39 is 0 Å². The second-order valence-electron chi connectivity index (χ2n) is 7.32. The Morgan fingerprint density at radius 3 is 3.00 bits per heavy atom. The predicted molar refractivity (Wildman–Crippen MR) is 83.3 cm³/mol. The molecular weight excluding hydrogens is 278 g/mol. The molecule has 1 aliphatic heterocycles. The molecule has 2 atom stereocenters. The van der Waals surface area contributed by atoms with Crippen LogP contribution < -0.4 is 0 Å². The number of nitrogens with zero attached hydrogens (tertiary/aromatic N) is 3. The first kappa shape index (κ1) is 15.5. The van der Waals surface area contributed by atoms with Crippen LogP contribution in [0.5, 0.6) is 0 Å². The number of aromatic nitrogens is 2. The summed E-state index contributed by atoms with van der Waals surface area (Å²) in [4.78, 5) is 19.1. The van der Waals surface area contributed by atoms with Crippen LogP contribution in [0.25, 0.3) is 0 Å². The van der Waals surface area contributed by atoms with Crippen LogP contribution in [0.2, 0.25) is 0 Å². The summed E-state index contributed by atoms with van der Waals surface area (Å²) >= 11 is 0. The van der Waals surface area contributed by atoms with Gasteiger partial charge in [0.05, 0.1) is 5.41 Å². The van der Waals surface area contributed by atoms with Crippen LogP contribution in [0.15, 0.2) is 4.52 Å². The number of carbonyl (C=O) groups excluding carboxylic acids is 1. The number of carbonyl (C=O) groups is 1. The standard InChI is InChI=1S/C17H27N3O2/c1-4-14-18-16(19-22-14)17-9-5-6-13(17)10-20(11-17)15(21)8-7-12(2)3/h12-13H,4-11H2,1-3H3/t13-,17-/m1/s1. The van der Waals surface area contributed by atoms with Gasteiger partial charge in [0.15, 0.2) is 5.82 Å². The molecule has 0 N–H and O–H groups in total. The lowest BCUT2D eigenvalue weighted by molar-refractivity contribution is -0.130. The fourth-order valence-electron chi connectivity index (χ4n) is 4.02. The molecule has 1 aliphatic carbocycles. The molecule has 1 saturated carbocycles. The van der Waals surface area contributed by atoms with Crippen molar-refractivity contribution in [2.75, 3.05) is 13.1 Å². The third kappa shape index (κ3) is 2.66. The van der Waals surface area contributed by atoms with Crippen LogP contribution >= 0.6 is 0 Å². The van der Waals surface area contributed by atoms with Crippen molar-refractivity contribution in [2.45, 2.75) is 64.7 Å². The minimum Gasteiger partial charge on any atom is -0.341 e. The van der Waals surface area contributed by atoms with E-state index in [-0.39, 0.29) is 5.41 Å². The van der Waals surface area contributed by atoms with Gasteiger partial charge in [0.1, 0.15) is 0 Å². The molecule has 1 aromatic rings. The van der Waals surface area contributed by atoms with Crippen LogP contribution in [0, 0.1) is 11.8 Å². The summed E-state index contributed by atoms with van der Waals surface area (Å²) in [6.07, 6.45) is 5.85. The fraction of sp³-hybridized carbons (Fsp3) is 0.824. The Bertz CT molecular complexity index is 540. The maximum Gasteiger partial charge on any atom is 0.226 e. The molecule has 1 aromatic heterocycles. The summed E-state index contributed by atoms with van der Waals surface area (Å²) in [5.74, 6) is 2.91. The van der Waals surface area contributed by atoms with Crippen molar-refractivity contribution >= 4 is 5.91 Å². The zero-order valence-corrected chi connectivity index (χ0v) is 14.0. The quantitative estimate of drug-likeness (QED) is 0.839. The first-order valence-electron chi connectivity index (χ1n) is 8.66. The molecule has 0 spiro atoms. The number of aryl methyl sites for hydroxylation is 1. The van der Waals surface area contributed by atoms with Crippen LogP contribution in [-0.2, 0) is 16.6 Å². The maximum absolute atomic E-state index is 12.5. The summed E-state index contributed by atoms with van der Waals surface area (Å²) in [6.45, 7) is 8.00. The Morgan fingerprint density at radius 2 is 2.32 bits per heavy atom. The first-order chi connectivity index (χ1) is 10.5. The van der Waals surface area contributed by atoms with Gasteiger partial charge in [-0.05, 0) is 31.1 Å². The highest BCUT2D eigenvalue weighted by atomic mass is 16.5. The molecule has 2 heterocycles. The monoisotopic (exact) mass is 305 g/mol. The molecule has 5 heteroatoms. The molecular formula is C17H27N3O2. The van der Waals surface area contributed by atoms with Gasteiger partial charge in [0.2, 0.25) is 11.8 Å². The van der Waals surface area contributed by atoms with E-state index in [1.54, 1.807) is 0 Å². The lowest BCUT2D eigenvalue weighted by Gasteiger charge is -2.24. The predicted octanol–water partition coefficient (Wildman–Crippen LogP) is 2.95. The van der Waals surface area contributed by atoms with Crippen LogP contribution in [0.3, 0.4) is 0 Å². The highest BCUT2D eigenvalue weighted by Gasteiger charge is 2.54. The Labute approximate surface area is 132 Å². The number of fused-ring (bicyclic) bond motifs is 1. The summed E-state index contributed by atoms with van der Waals surface area (Å²) in [6, 6.07) is 0. The number of amides is 1. The van der Waals surface area contributed by atoms with E-state index in [1.165, 1.54) is 12.8 Å². The Balaban J connectivity index is 1.75. The molecule has 122 valence electrons. The van der Waals surface area contributed by atoms with E-state index in [0.29, 0.717) is 30.1 Å². The number of likely N-dealkylation sites (tertiary alicyclic amines) is 1. The van der Waals surface area contributed by atoms with Gasteiger partial charge in [-0.2, -0.15) is 4.98 Å². The summed E-state index contributed by atoms with van der Waals surface area (Å²) < 4.78 is 5.34. The smallest absolute Gasteiger partial charge is 0.226 e. The molecule has 3 rings (SSSR count). The average molecular weight is 305 g/mol. The van der Waals surface area contributed by atoms with Crippen molar-refractivity contribution in [1.29, 1.82) is 0 Å². The fourth-order valence-corrected chi connectivity index (χ4v) is 4.02. The van der Waals surface area contributed by atoms with E-state index in [0.717, 1.165) is 38.2 Å². The minimum absolute atomic E-state index is 0.0512. The van der Waals surface area contributed by atoms with Gasteiger partial charge in [-0.1, -0.05) is 32.3 Å². The van der Waals surface area contributed by atoms with Gasteiger partial charge >= 0.3 is 0 Å². The van der Waals surface area contributed by atoms with Crippen LogP contribution in [0.4, 0.5) is 0 Å². The van der Waals surface area contributed by atoms with Crippen LogP contribution in [-0.4, -0.2) is 34.0 Å². The summed E-state index contributed by atoms with van der Waals surface area (Å²) in [5.41, 5.74) is -0.0512. The normalized spacial score (nSPS) is 27.6. The Kier molecular flexibility index (Phi) is 4.24. The largest absolute Gasteiger partial charge is 0.341 e. The average Bonchev–Trinajstić information content (AvgIpc) is 3.16. The van der Waals surface area contributed by atoms with Crippen LogP contribution in [0.1, 0.15) is 64.6 Å². The van der Waals surface area contributed by atoms with Crippen molar-refractivity contribution in [1.82, 2.24) is 15.0 Å². The van der Waals surface area contributed by atoms with Gasteiger partial charge in [-0.3, -0.25) is 4.79 Å². The molecule has 1 amide bonds. The molecule has 2 aliphatic rings. The second-order valence-corrected chi connectivity index (χ2v) is 7.32. The highest BCUT2D eigenvalue weighted by Crippen LogP contribution is 2.49. The van der Waals surface area contributed by atoms with E-state index in [4.69, 9.17) is 4.52 Å². The van der Waals surface area contributed by atoms with Gasteiger partial charge in [-0.25, -0.2) is 0 Å². The molecule has 0 unspecified atom stereocenters. The Morgan fingerprint density at radius 1 is 1.50 bits per heavy atom. The third-order valence-corrected chi connectivity index (χ3v) is 5.37. The van der Waals surface area contributed by atoms with Crippen molar-refractivity contribution in [2.24, 2.45) is 11.8 Å². The van der Waals surface area contributed by atoms with Crippen molar-refractivity contribution in [3.63, 3.8) is 0 Å². The van der Waals surface area contributed by atoms with Gasteiger partial charge in [0, 0.05) is 25.9 Å². The summed E-state index contributed by atoms with van der Waals surface area (Å²) in [7, 11) is 0. The summed E-state index contributed by atoms with van der Waals surface area (Å²) in [5, 5.41) is 4.25. The molecule has 0 aromatic carbocycles. The Hall–Kier alpha value is -1.39. The van der Waals surface area contributed by atoms with Crippen molar-refractivity contribution in [3.05, 3.63) is 11.7 Å². The maximum atomic E-state index is 12.5. The highest BCUT2D eigenvalue weighted by molar-refractivity contribution is 5.76. The molecule has 1 saturated heterocycles. The van der Waals surface area contributed by atoms with Gasteiger partial charge in [0.25, 0.3) is 0 Å². The van der Waals surface area contributed by atoms with E-state index in [1.807, 2.05) is 11.8 Å². The molecule has 0 radical (unpaired) electrons. The molecule has 0 bridgehead atoms. The lowest BCUT2D eigenvalue weighted by Crippen LogP contribution is -2.35. The SMILES string of the molecule is CCc1nc([C@@]23CCC[C@@H]2CN(C(=O)CCC(C)C)C3)no1. The van der Waals surface area contributed by atoms with Crippen molar-refractivity contribution < 1.29 is 9.32 Å². The van der Waals surface area contributed by atoms with Gasteiger partial charge in [-0.15, -0.1) is 0 Å². The lowest BCUT2D eigenvalue weighted by atomic mass is 9.80. The number of hydrogen-bond donors (Lipinski definition) is 0. The topological polar surface area (TPSA) is 59.2 Å². The van der Waals surface area contributed by atoms with Crippen molar-refractivity contribution in [3.8, 4) is 0 Å². The van der Waals surface area contributed by atoms with E-state index >= 15 is 0 Å². The van der Waals surface area contributed by atoms with E-state index in [2.05, 4.69) is 24.0 Å². The first-order valence-corrected chi connectivity index (χ1v) is 8.66. The zero-order chi connectivity index (χ0) is 15.7.